The van der Waals surface area contributed by atoms with Gasteiger partial charge in [0.1, 0.15) is 0 Å². The number of hydrogen-bond donors (Lipinski definition) is 2. The summed E-state index contributed by atoms with van der Waals surface area (Å²) in [7, 11) is 0. The third kappa shape index (κ3) is 2.07. The van der Waals surface area contributed by atoms with Gasteiger partial charge in [0.15, 0.2) is 0 Å². The van der Waals surface area contributed by atoms with E-state index in [0.29, 0.717) is 0 Å². The quantitative estimate of drug-likeness (QED) is 0.708. The van der Waals surface area contributed by atoms with Crippen LogP contribution in [-0.2, 0) is 12.8 Å². The first kappa shape index (κ1) is 9.53. The molecule has 2 rings (SSSR count). The Labute approximate surface area is 85.7 Å². The van der Waals surface area contributed by atoms with Gasteiger partial charge in [-0.3, -0.25) is 0 Å². The Bertz CT molecular complexity index is 307. The number of hydrogen-bond acceptors (Lipinski definition) is 2. The smallest absolute Gasteiger partial charge is 0.0373 e. The molecule has 1 aromatic rings. The highest BCUT2D eigenvalue weighted by Crippen LogP contribution is 2.22. The Morgan fingerprint density at radius 2 is 2.36 bits per heavy atom. The third-order valence-corrected chi connectivity index (χ3v) is 2.72. The van der Waals surface area contributed by atoms with Crippen LogP contribution in [0.15, 0.2) is 18.2 Å². The molecule has 2 N–H and O–H groups in total. The Morgan fingerprint density at radius 3 is 3.21 bits per heavy atom. The molecule has 0 saturated heterocycles. The molecular formula is C12H18N2. The number of nitrogens with one attached hydrogen (secondary N) is 2. The lowest BCUT2D eigenvalue weighted by Crippen LogP contribution is -2.16. The predicted molar refractivity (Wildman–Crippen MR) is 60.9 cm³/mol. The fraction of sp³-hybridized carbons (Fsp3) is 0.500. The van der Waals surface area contributed by atoms with Crippen LogP contribution in [0.5, 0.6) is 0 Å². The third-order valence-electron chi connectivity index (χ3n) is 2.72. The Kier molecular flexibility index (Phi) is 3.04. The topological polar surface area (TPSA) is 24.1 Å². The zero-order chi connectivity index (χ0) is 9.80. The van der Waals surface area contributed by atoms with Gasteiger partial charge in [0, 0.05) is 12.2 Å². The van der Waals surface area contributed by atoms with Crippen molar-refractivity contribution in [3.8, 4) is 0 Å². The van der Waals surface area contributed by atoms with Crippen molar-refractivity contribution < 1.29 is 0 Å². The Morgan fingerprint density at radius 1 is 1.43 bits per heavy atom. The van der Waals surface area contributed by atoms with Gasteiger partial charge >= 0.3 is 0 Å². The van der Waals surface area contributed by atoms with Gasteiger partial charge in [-0.25, -0.2) is 0 Å². The number of benzene rings is 1. The number of anilines is 1. The molecule has 0 bridgehead atoms. The van der Waals surface area contributed by atoms with E-state index in [4.69, 9.17) is 0 Å². The van der Waals surface area contributed by atoms with Crippen molar-refractivity contribution in [1.82, 2.24) is 5.32 Å². The number of rotatable bonds is 4. The van der Waals surface area contributed by atoms with Gasteiger partial charge in [-0.2, -0.15) is 0 Å². The summed E-state index contributed by atoms with van der Waals surface area (Å²) in [4.78, 5) is 0. The molecule has 0 atom stereocenters. The van der Waals surface area contributed by atoms with E-state index in [1.165, 1.54) is 23.2 Å². The summed E-state index contributed by atoms with van der Waals surface area (Å²) in [6.07, 6.45) is 2.32. The van der Waals surface area contributed by atoms with Crippen LogP contribution in [0.4, 0.5) is 5.69 Å². The van der Waals surface area contributed by atoms with E-state index in [2.05, 4.69) is 35.8 Å². The van der Waals surface area contributed by atoms with Crippen molar-refractivity contribution in [3.63, 3.8) is 0 Å². The first-order chi connectivity index (χ1) is 6.90. The molecule has 1 aliphatic heterocycles. The maximum absolute atomic E-state index is 3.38. The molecule has 14 heavy (non-hydrogen) atoms. The van der Waals surface area contributed by atoms with Crippen molar-refractivity contribution >= 4 is 5.69 Å². The Hall–Kier alpha value is -1.02. The highest BCUT2D eigenvalue weighted by molar-refractivity contribution is 5.56. The second kappa shape index (κ2) is 4.47. The van der Waals surface area contributed by atoms with Crippen LogP contribution < -0.4 is 10.6 Å². The summed E-state index contributed by atoms with van der Waals surface area (Å²) >= 11 is 0. The van der Waals surface area contributed by atoms with Gasteiger partial charge in [-0.1, -0.05) is 19.1 Å². The molecule has 2 nitrogen and oxygen atoms in total. The zero-order valence-corrected chi connectivity index (χ0v) is 8.77. The maximum atomic E-state index is 3.38. The minimum atomic E-state index is 1.06. The van der Waals surface area contributed by atoms with Crippen molar-refractivity contribution in [2.45, 2.75) is 19.8 Å². The summed E-state index contributed by atoms with van der Waals surface area (Å²) in [5, 5.41) is 6.73. The molecule has 0 spiro atoms. The van der Waals surface area contributed by atoms with Crippen molar-refractivity contribution in [2.24, 2.45) is 0 Å². The van der Waals surface area contributed by atoms with Crippen LogP contribution in [-0.4, -0.2) is 19.6 Å². The maximum Gasteiger partial charge on any atom is 0.0373 e. The Balaban J connectivity index is 1.98. The van der Waals surface area contributed by atoms with Crippen LogP contribution in [0.1, 0.15) is 18.1 Å². The van der Waals surface area contributed by atoms with Gasteiger partial charge < -0.3 is 10.6 Å². The minimum absolute atomic E-state index is 1.06. The second-order valence-electron chi connectivity index (χ2n) is 3.77. The highest BCUT2D eigenvalue weighted by atomic mass is 14.9. The van der Waals surface area contributed by atoms with Crippen LogP contribution in [0.2, 0.25) is 0 Å². The summed E-state index contributed by atoms with van der Waals surface area (Å²) in [5.74, 6) is 0. The van der Waals surface area contributed by atoms with E-state index in [-0.39, 0.29) is 0 Å². The standard InChI is InChI=1S/C12H18N2/c1-2-13-7-5-10-3-4-12-11(9-10)6-8-14-12/h3-4,9,13-14H,2,5-8H2,1H3. The van der Waals surface area contributed by atoms with Crippen molar-refractivity contribution in [2.75, 3.05) is 25.0 Å². The fourth-order valence-electron chi connectivity index (χ4n) is 1.92. The van der Waals surface area contributed by atoms with E-state index in [9.17, 15) is 0 Å². The van der Waals surface area contributed by atoms with Crippen LogP contribution in [0.25, 0.3) is 0 Å². The molecule has 2 heteroatoms. The molecule has 1 aromatic carbocycles. The van der Waals surface area contributed by atoms with Crippen molar-refractivity contribution in [3.05, 3.63) is 29.3 Å². The molecule has 0 aliphatic carbocycles. The molecule has 1 heterocycles. The van der Waals surface area contributed by atoms with Crippen LogP contribution in [0.3, 0.4) is 0 Å². The van der Waals surface area contributed by atoms with E-state index in [1.54, 1.807) is 0 Å². The average molecular weight is 190 g/mol. The first-order valence-electron chi connectivity index (χ1n) is 5.46. The van der Waals surface area contributed by atoms with E-state index in [1.807, 2.05) is 0 Å². The molecule has 0 amide bonds. The highest BCUT2D eigenvalue weighted by Gasteiger charge is 2.09. The summed E-state index contributed by atoms with van der Waals surface area (Å²) in [5.41, 5.74) is 4.27. The predicted octanol–water partition coefficient (Wildman–Crippen LogP) is 1.81. The van der Waals surface area contributed by atoms with Crippen LogP contribution >= 0.6 is 0 Å². The van der Waals surface area contributed by atoms with Gasteiger partial charge in [0.2, 0.25) is 0 Å². The van der Waals surface area contributed by atoms with E-state index in [0.717, 1.165) is 26.1 Å². The lowest BCUT2D eigenvalue weighted by atomic mass is 10.1. The molecule has 76 valence electrons. The molecular weight excluding hydrogens is 172 g/mol. The molecule has 0 aromatic heterocycles. The van der Waals surface area contributed by atoms with E-state index < -0.39 is 0 Å². The van der Waals surface area contributed by atoms with Gasteiger partial charge in [-0.15, -0.1) is 0 Å². The van der Waals surface area contributed by atoms with Crippen LogP contribution in [0, 0.1) is 0 Å². The minimum Gasteiger partial charge on any atom is -0.384 e. The monoisotopic (exact) mass is 190 g/mol. The molecule has 0 unspecified atom stereocenters. The van der Waals surface area contributed by atoms with E-state index >= 15 is 0 Å². The van der Waals surface area contributed by atoms with Gasteiger partial charge in [0.25, 0.3) is 0 Å². The lowest BCUT2D eigenvalue weighted by molar-refractivity contribution is 0.716. The zero-order valence-electron chi connectivity index (χ0n) is 8.77. The number of likely N-dealkylation sites (N-methyl/N-ethyl adjacent to an activating group) is 1. The molecule has 1 aliphatic rings. The fourth-order valence-corrected chi connectivity index (χ4v) is 1.92. The van der Waals surface area contributed by atoms with Crippen molar-refractivity contribution in [1.29, 1.82) is 0 Å². The average Bonchev–Trinajstić information content (AvgIpc) is 2.65. The normalized spacial score (nSPS) is 13.8. The SMILES string of the molecule is CCNCCc1ccc2c(c1)CCN2. The summed E-state index contributed by atoms with van der Waals surface area (Å²) in [6, 6.07) is 6.78. The summed E-state index contributed by atoms with van der Waals surface area (Å²) < 4.78 is 0. The molecule has 0 fully saturated rings. The van der Waals surface area contributed by atoms with Gasteiger partial charge in [0.05, 0.1) is 0 Å². The van der Waals surface area contributed by atoms with Gasteiger partial charge in [-0.05, 0) is 43.1 Å². The summed E-state index contributed by atoms with van der Waals surface area (Å²) in [6.45, 7) is 5.40. The lowest BCUT2D eigenvalue weighted by Gasteiger charge is -2.05. The second-order valence-corrected chi connectivity index (χ2v) is 3.77. The largest absolute Gasteiger partial charge is 0.384 e. The molecule has 0 saturated carbocycles. The molecule has 0 radical (unpaired) electrons. The number of fused-ring (bicyclic) bond motifs is 1. The first-order valence-corrected chi connectivity index (χ1v) is 5.46.